The van der Waals surface area contributed by atoms with Gasteiger partial charge in [0.05, 0.1) is 5.75 Å². The van der Waals surface area contributed by atoms with E-state index in [1.165, 1.54) is 29.5 Å². The highest BCUT2D eigenvalue weighted by Crippen LogP contribution is 2.39. The van der Waals surface area contributed by atoms with Gasteiger partial charge in [-0.2, -0.15) is 0 Å². The van der Waals surface area contributed by atoms with Crippen LogP contribution in [0.15, 0.2) is 22.7 Å². The molecule has 1 aliphatic carbocycles. The second kappa shape index (κ2) is 7.49. The lowest BCUT2D eigenvalue weighted by atomic mass is 10.3. The molecule has 1 amide bonds. The standard InChI is InChI=1S/C16H22N4OS2/c1-3-19(4-2)15(21)11-23-16-18-17-14(20(16)12-7-8-12)10-13-6-5-9-22-13/h5-6,9,12H,3-4,7-8,10-11H2,1-2H3. The molecule has 0 aliphatic heterocycles. The molecule has 1 saturated carbocycles. The maximum Gasteiger partial charge on any atom is 0.233 e. The van der Waals surface area contributed by atoms with Crippen molar-refractivity contribution in [1.29, 1.82) is 0 Å². The van der Waals surface area contributed by atoms with Crippen LogP contribution in [0.1, 0.15) is 43.4 Å². The maximum atomic E-state index is 12.2. The van der Waals surface area contributed by atoms with Crippen LogP contribution in [0, 0.1) is 0 Å². The quantitative estimate of drug-likeness (QED) is 0.686. The SMILES string of the molecule is CCN(CC)C(=O)CSc1nnc(Cc2cccs2)n1C1CC1. The minimum absolute atomic E-state index is 0.171. The van der Waals surface area contributed by atoms with E-state index < -0.39 is 0 Å². The number of aromatic nitrogens is 3. The highest BCUT2D eigenvalue weighted by molar-refractivity contribution is 7.99. The predicted molar refractivity (Wildman–Crippen MR) is 94.1 cm³/mol. The van der Waals surface area contributed by atoms with Gasteiger partial charge in [-0.25, -0.2) is 0 Å². The van der Waals surface area contributed by atoms with Crippen molar-refractivity contribution in [2.75, 3.05) is 18.8 Å². The first-order valence-corrected chi connectivity index (χ1v) is 9.96. The molecule has 0 bridgehead atoms. The van der Waals surface area contributed by atoms with Crippen molar-refractivity contribution in [3.05, 3.63) is 28.2 Å². The van der Waals surface area contributed by atoms with Crippen LogP contribution in [0.3, 0.4) is 0 Å². The molecule has 1 fully saturated rings. The summed E-state index contributed by atoms with van der Waals surface area (Å²) in [4.78, 5) is 15.3. The van der Waals surface area contributed by atoms with E-state index in [2.05, 4.69) is 32.3 Å². The molecule has 1 aliphatic rings. The second-order valence-corrected chi connectivity index (χ2v) is 7.59. The summed E-state index contributed by atoms with van der Waals surface area (Å²) in [5.41, 5.74) is 0. The third-order valence-corrected chi connectivity index (χ3v) is 5.80. The van der Waals surface area contributed by atoms with Crippen molar-refractivity contribution >= 4 is 29.0 Å². The molecule has 0 aromatic carbocycles. The van der Waals surface area contributed by atoms with Gasteiger partial charge in [0, 0.05) is 30.4 Å². The van der Waals surface area contributed by atoms with Gasteiger partial charge in [-0.05, 0) is 38.1 Å². The largest absolute Gasteiger partial charge is 0.343 e. The van der Waals surface area contributed by atoms with Crippen molar-refractivity contribution in [3.63, 3.8) is 0 Å². The average molecular weight is 351 g/mol. The Hall–Kier alpha value is -1.34. The fourth-order valence-electron chi connectivity index (χ4n) is 2.59. The van der Waals surface area contributed by atoms with Gasteiger partial charge < -0.3 is 9.47 Å². The minimum Gasteiger partial charge on any atom is -0.343 e. The first-order valence-electron chi connectivity index (χ1n) is 8.09. The lowest BCUT2D eigenvalue weighted by Crippen LogP contribution is -2.31. The van der Waals surface area contributed by atoms with Gasteiger partial charge in [-0.15, -0.1) is 21.5 Å². The molecule has 0 saturated heterocycles. The van der Waals surface area contributed by atoms with Crippen LogP contribution in [0.5, 0.6) is 0 Å². The fraction of sp³-hybridized carbons (Fsp3) is 0.562. The molecule has 124 valence electrons. The molecular weight excluding hydrogens is 328 g/mol. The summed E-state index contributed by atoms with van der Waals surface area (Å²) in [5.74, 6) is 1.63. The van der Waals surface area contributed by atoms with E-state index in [0.717, 1.165) is 30.5 Å². The van der Waals surface area contributed by atoms with Crippen LogP contribution in [0.4, 0.5) is 0 Å². The average Bonchev–Trinajstić information content (AvgIpc) is 3.11. The molecule has 3 rings (SSSR count). The summed E-state index contributed by atoms with van der Waals surface area (Å²) in [7, 11) is 0. The molecule has 7 heteroatoms. The Labute approximate surface area is 145 Å². The number of hydrogen-bond acceptors (Lipinski definition) is 5. The monoisotopic (exact) mass is 350 g/mol. The summed E-state index contributed by atoms with van der Waals surface area (Å²) in [6.07, 6.45) is 3.20. The van der Waals surface area contributed by atoms with Gasteiger partial charge in [0.15, 0.2) is 5.16 Å². The first kappa shape index (κ1) is 16.5. The van der Waals surface area contributed by atoms with E-state index in [1.54, 1.807) is 11.3 Å². The zero-order chi connectivity index (χ0) is 16.2. The minimum atomic E-state index is 0.171. The summed E-state index contributed by atoms with van der Waals surface area (Å²) < 4.78 is 2.25. The van der Waals surface area contributed by atoms with Crippen LogP contribution in [0.25, 0.3) is 0 Å². The number of hydrogen-bond donors (Lipinski definition) is 0. The van der Waals surface area contributed by atoms with E-state index in [0.29, 0.717) is 11.8 Å². The smallest absolute Gasteiger partial charge is 0.233 e. The summed E-state index contributed by atoms with van der Waals surface area (Å²) in [5, 5.41) is 11.7. The Balaban J connectivity index is 1.70. The fourth-order valence-corrected chi connectivity index (χ4v) is 4.22. The van der Waals surface area contributed by atoms with E-state index in [1.807, 2.05) is 18.7 Å². The molecule has 2 aromatic rings. The van der Waals surface area contributed by atoms with Gasteiger partial charge >= 0.3 is 0 Å². The zero-order valence-electron chi connectivity index (χ0n) is 13.6. The van der Waals surface area contributed by atoms with E-state index in [9.17, 15) is 4.79 Å². The van der Waals surface area contributed by atoms with Crippen LogP contribution >= 0.6 is 23.1 Å². The highest BCUT2D eigenvalue weighted by Gasteiger charge is 2.30. The lowest BCUT2D eigenvalue weighted by molar-refractivity contribution is -0.127. The number of thiophene rings is 1. The van der Waals surface area contributed by atoms with Gasteiger partial charge in [-0.1, -0.05) is 17.8 Å². The highest BCUT2D eigenvalue weighted by atomic mass is 32.2. The molecule has 23 heavy (non-hydrogen) atoms. The number of nitrogens with zero attached hydrogens (tertiary/aromatic N) is 4. The number of carbonyl (C=O) groups excluding carboxylic acids is 1. The molecule has 0 unspecified atom stereocenters. The van der Waals surface area contributed by atoms with Crippen LogP contribution in [0.2, 0.25) is 0 Å². The van der Waals surface area contributed by atoms with Gasteiger partial charge in [-0.3, -0.25) is 4.79 Å². The van der Waals surface area contributed by atoms with Gasteiger partial charge in [0.1, 0.15) is 5.82 Å². The van der Waals surface area contributed by atoms with Crippen molar-refractivity contribution < 1.29 is 4.79 Å². The molecule has 5 nitrogen and oxygen atoms in total. The van der Waals surface area contributed by atoms with Crippen LogP contribution < -0.4 is 0 Å². The van der Waals surface area contributed by atoms with E-state index >= 15 is 0 Å². The Morgan fingerprint density at radius 1 is 1.39 bits per heavy atom. The Morgan fingerprint density at radius 3 is 2.78 bits per heavy atom. The normalized spacial score (nSPS) is 14.2. The van der Waals surface area contributed by atoms with E-state index in [4.69, 9.17) is 0 Å². The Morgan fingerprint density at radius 2 is 2.17 bits per heavy atom. The van der Waals surface area contributed by atoms with Crippen LogP contribution in [-0.2, 0) is 11.2 Å². The molecule has 0 spiro atoms. The zero-order valence-corrected chi connectivity index (χ0v) is 15.2. The number of rotatable bonds is 8. The van der Waals surface area contributed by atoms with Crippen molar-refractivity contribution in [1.82, 2.24) is 19.7 Å². The topological polar surface area (TPSA) is 51.0 Å². The van der Waals surface area contributed by atoms with Crippen molar-refractivity contribution in [2.24, 2.45) is 0 Å². The molecule has 2 aromatic heterocycles. The first-order chi connectivity index (χ1) is 11.2. The predicted octanol–water partition coefficient (Wildman–Crippen LogP) is 3.23. The molecular formula is C16H22N4OS2. The van der Waals surface area contributed by atoms with Crippen LogP contribution in [-0.4, -0.2) is 44.4 Å². The summed E-state index contributed by atoms with van der Waals surface area (Å²) >= 11 is 3.26. The van der Waals surface area contributed by atoms with Crippen molar-refractivity contribution in [2.45, 2.75) is 44.3 Å². The number of amides is 1. The summed E-state index contributed by atoms with van der Waals surface area (Å²) in [6, 6.07) is 4.72. The van der Waals surface area contributed by atoms with Crippen molar-refractivity contribution in [3.8, 4) is 0 Å². The third kappa shape index (κ3) is 3.95. The molecule has 2 heterocycles. The van der Waals surface area contributed by atoms with Gasteiger partial charge in [0.25, 0.3) is 0 Å². The number of carbonyl (C=O) groups is 1. The molecule has 0 N–H and O–H groups in total. The molecule has 0 radical (unpaired) electrons. The number of thioether (sulfide) groups is 1. The Bertz CT molecular complexity index is 645. The van der Waals surface area contributed by atoms with E-state index in [-0.39, 0.29) is 5.91 Å². The van der Waals surface area contributed by atoms with Gasteiger partial charge in [0.2, 0.25) is 5.91 Å². The molecule has 0 atom stereocenters. The third-order valence-electron chi connectivity index (χ3n) is 4.00. The summed E-state index contributed by atoms with van der Waals surface area (Å²) in [6.45, 7) is 5.54. The lowest BCUT2D eigenvalue weighted by Gasteiger charge is -2.18. The second-order valence-electron chi connectivity index (χ2n) is 5.61. The maximum absolute atomic E-state index is 12.2. The Kier molecular flexibility index (Phi) is 5.38.